The molecule has 0 saturated heterocycles. The van der Waals surface area contributed by atoms with Crippen LogP contribution in [0.1, 0.15) is 49.3 Å². The molecule has 0 saturated carbocycles. The number of benzene rings is 3. The molecule has 1 amide bonds. The lowest BCUT2D eigenvalue weighted by Gasteiger charge is -2.19. The number of carbonyl (C=O) groups excluding carboxylic acids is 1. The van der Waals surface area contributed by atoms with Crippen LogP contribution >= 0.6 is 0 Å². The molecule has 0 atom stereocenters. The molecule has 1 N–H and O–H groups in total. The summed E-state index contributed by atoms with van der Waals surface area (Å²) in [7, 11) is 0. The zero-order chi connectivity index (χ0) is 22.3. The van der Waals surface area contributed by atoms with Crippen LogP contribution in [0.2, 0.25) is 0 Å². The summed E-state index contributed by atoms with van der Waals surface area (Å²) in [6.45, 7) is 9.10. The van der Waals surface area contributed by atoms with E-state index in [1.54, 1.807) is 0 Å². The van der Waals surface area contributed by atoms with E-state index in [1.165, 1.54) is 0 Å². The van der Waals surface area contributed by atoms with Gasteiger partial charge in [-0.2, -0.15) is 0 Å². The molecule has 4 heteroatoms. The quantitative estimate of drug-likeness (QED) is 0.626. The Kier molecular flexibility index (Phi) is 5.40. The molecule has 31 heavy (non-hydrogen) atoms. The second-order valence-corrected chi connectivity index (χ2v) is 8.47. The Labute approximate surface area is 183 Å². The third-order valence-corrected chi connectivity index (χ3v) is 6.43. The van der Waals surface area contributed by atoms with E-state index in [0.29, 0.717) is 13.1 Å². The first kappa shape index (κ1) is 20.9. The summed E-state index contributed by atoms with van der Waals surface area (Å²) in [5.41, 5.74) is 9.98. The first-order valence-electron chi connectivity index (χ1n) is 10.6. The molecule has 1 aliphatic heterocycles. The van der Waals surface area contributed by atoms with E-state index in [1.807, 2.05) is 49.9 Å². The number of aryl methyl sites for hydroxylation is 2. The average Bonchev–Trinajstić information content (AvgIpc) is 3.19. The fraction of sp³-hybridized carbons (Fsp3) is 0.259. The van der Waals surface area contributed by atoms with E-state index in [-0.39, 0.29) is 12.3 Å². The van der Waals surface area contributed by atoms with E-state index in [9.17, 15) is 14.7 Å². The van der Waals surface area contributed by atoms with Crippen molar-refractivity contribution in [2.24, 2.45) is 0 Å². The molecule has 1 aliphatic rings. The molecule has 0 unspecified atom stereocenters. The van der Waals surface area contributed by atoms with Crippen LogP contribution in [-0.4, -0.2) is 21.9 Å². The maximum atomic E-state index is 13.2. The highest BCUT2D eigenvalue weighted by Gasteiger charge is 2.31. The van der Waals surface area contributed by atoms with Crippen molar-refractivity contribution < 1.29 is 14.7 Å². The molecule has 0 fully saturated rings. The molecule has 0 radical (unpaired) electrons. The fourth-order valence-electron chi connectivity index (χ4n) is 4.68. The van der Waals surface area contributed by atoms with Gasteiger partial charge in [-0.1, -0.05) is 48.0 Å². The summed E-state index contributed by atoms with van der Waals surface area (Å²) in [5.74, 6) is -0.827. The molecule has 4 rings (SSSR count). The van der Waals surface area contributed by atoms with E-state index in [2.05, 4.69) is 31.2 Å². The van der Waals surface area contributed by atoms with Crippen molar-refractivity contribution in [3.8, 4) is 11.1 Å². The van der Waals surface area contributed by atoms with Crippen LogP contribution in [0.15, 0.2) is 48.5 Å². The number of hydrogen-bond donors (Lipinski definition) is 1. The Morgan fingerprint density at radius 1 is 0.871 bits per heavy atom. The molecule has 3 aromatic carbocycles. The lowest BCUT2D eigenvalue weighted by atomic mass is 9.84. The normalized spacial score (nSPS) is 12.7. The van der Waals surface area contributed by atoms with E-state index in [0.717, 1.165) is 55.6 Å². The van der Waals surface area contributed by atoms with Crippen LogP contribution in [0, 0.1) is 27.7 Å². The largest absolute Gasteiger partial charge is 0.481 e. The number of hydrogen-bond acceptors (Lipinski definition) is 2. The minimum absolute atomic E-state index is 0.0183. The smallest absolute Gasteiger partial charge is 0.307 e. The second kappa shape index (κ2) is 8.03. The minimum atomic E-state index is -0.846. The molecular weight excluding hydrogens is 386 g/mol. The third kappa shape index (κ3) is 3.74. The number of nitrogens with zero attached hydrogens (tertiary/aromatic N) is 1. The summed E-state index contributed by atoms with van der Waals surface area (Å²) in [4.78, 5) is 26.8. The monoisotopic (exact) mass is 413 g/mol. The van der Waals surface area contributed by atoms with E-state index >= 15 is 0 Å². The van der Waals surface area contributed by atoms with Gasteiger partial charge in [0.1, 0.15) is 0 Å². The van der Waals surface area contributed by atoms with Crippen LogP contribution in [0.3, 0.4) is 0 Å². The number of amides is 1. The summed E-state index contributed by atoms with van der Waals surface area (Å²) in [6, 6.07) is 15.9. The zero-order valence-electron chi connectivity index (χ0n) is 18.5. The molecule has 0 bridgehead atoms. The standard InChI is InChI=1S/C27H27NO3/c1-16-9-11-20(12-10-16)26-19(4)24-15-28(27(31)21-8-6-5-7-17(21)2)14-23(24)18(3)22(26)13-25(29)30/h5-12H,13-15H2,1-4H3,(H,29,30). The van der Waals surface area contributed by atoms with Crippen LogP contribution in [-0.2, 0) is 24.3 Å². The SMILES string of the molecule is Cc1ccc(-c2c(C)c3c(c(C)c2CC(=O)O)CN(C(=O)c2ccccc2C)C3)cc1. The van der Waals surface area contributed by atoms with Crippen molar-refractivity contribution in [1.82, 2.24) is 4.90 Å². The van der Waals surface area contributed by atoms with Crippen molar-refractivity contribution in [3.63, 3.8) is 0 Å². The van der Waals surface area contributed by atoms with Gasteiger partial charge in [0.05, 0.1) is 6.42 Å². The van der Waals surface area contributed by atoms with Crippen molar-refractivity contribution in [2.75, 3.05) is 0 Å². The predicted octanol–water partition coefficient (Wildman–Crippen LogP) is 5.37. The molecule has 1 heterocycles. The number of carboxylic acid groups (broad SMARTS) is 1. The van der Waals surface area contributed by atoms with Crippen molar-refractivity contribution in [2.45, 2.75) is 47.2 Å². The predicted molar refractivity (Wildman–Crippen MR) is 122 cm³/mol. The maximum Gasteiger partial charge on any atom is 0.307 e. The Bertz CT molecular complexity index is 1190. The first-order valence-corrected chi connectivity index (χ1v) is 10.6. The molecule has 158 valence electrons. The van der Waals surface area contributed by atoms with E-state index < -0.39 is 5.97 Å². The summed E-state index contributed by atoms with van der Waals surface area (Å²) in [6.07, 6.45) is -0.0328. The van der Waals surface area contributed by atoms with Gasteiger partial charge in [-0.3, -0.25) is 9.59 Å². The second-order valence-electron chi connectivity index (χ2n) is 8.47. The van der Waals surface area contributed by atoms with Crippen LogP contribution in [0.25, 0.3) is 11.1 Å². The number of aliphatic carboxylic acids is 1. The fourth-order valence-corrected chi connectivity index (χ4v) is 4.68. The van der Waals surface area contributed by atoms with Gasteiger partial charge in [0.2, 0.25) is 0 Å². The average molecular weight is 414 g/mol. The van der Waals surface area contributed by atoms with Gasteiger partial charge < -0.3 is 10.0 Å². The highest BCUT2D eigenvalue weighted by atomic mass is 16.4. The summed E-state index contributed by atoms with van der Waals surface area (Å²) < 4.78 is 0. The third-order valence-electron chi connectivity index (χ3n) is 6.43. The minimum Gasteiger partial charge on any atom is -0.481 e. The van der Waals surface area contributed by atoms with Gasteiger partial charge in [0.25, 0.3) is 5.91 Å². The number of carbonyl (C=O) groups is 2. The summed E-state index contributed by atoms with van der Waals surface area (Å²) in [5, 5.41) is 9.60. The van der Waals surface area contributed by atoms with Gasteiger partial charge in [0.15, 0.2) is 0 Å². The van der Waals surface area contributed by atoms with Gasteiger partial charge in [-0.15, -0.1) is 0 Å². The van der Waals surface area contributed by atoms with Crippen molar-refractivity contribution in [3.05, 3.63) is 93.0 Å². The van der Waals surface area contributed by atoms with Crippen LogP contribution in [0.4, 0.5) is 0 Å². The Hall–Kier alpha value is -3.40. The zero-order valence-corrected chi connectivity index (χ0v) is 18.5. The maximum absolute atomic E-state index is 13.2. The molecule has 0 aromatic heterocycles. The lowest BCUT2D eigenvalue weighted by molar-refractivity contribution is -0.136. The highest BCUT2D eigenvalue weighted by Crippen LogP contribution is 2.40. The Balaban J connectivity index is 1.82. The molecule has 0 aliphatic carbocycles. The number of rotatable bonds is 4. The highest BCUT2D eigenvalue weighted by molar-refractivity contribution is 5.96. The summed E-state index contributed by atoms with van der Waals surface area (Å²) >= 11 is 0. The lowest BCUT2D eigenvalue weighted by Crippen LogP contribution is -2.26. The van der Waals surface area contributed by atoms with Gasteiger partial charge in [-0.05, 0) is 78.3 Å². The van der Waals surface area contributed by atoms with E-state index in [4.69, 9.17) is 0 Å². The Morgan fingerprint density at radius 2 is 1.48 bits per heavy atom. The van der Waals surface area contributed by atoms with Crippen LogP contribution in [0.5, 0.6) is 0 Å². The topological polar surface area (TPSA) is 57.6 Å². The molecule has 0 spiro atoms. The van der Waals surface area contributed by atoms with Gasteiger partial charge >= 0.3 is 5.97 Å². The molecule has 4 nitrogen and oxygen atoms in total. The first-order chi connectivity index (χ1) is 14.8. The number of fused-ring (bicyclic) bond motifs is 1. The Morgan fingerprint density at radius 3 is 2.10 bits per heavy atom. The van der Waals surface area contributed by atoms with Crippen molar-refractivity contribution in [1.29, 1.82) is 0 Å². The number of carboxylic acids is 1. The van der Waals surface area contributed by atoms with Gasteiger partial charge in [0, 0.05) is 18.7 Å². The molecular formula is C27H27NO3. The van der Waals surface area contributed by atoms with Gasteiger partial charge in [-0.25, -0.2) is 0 Å². The van der Waals surface area contributed by atoms with Crippen molar-refractivity contribution >= 4 is 11.9 Å². The molecule has 3 aromatic rings. The van der Waals surface area contributed by atoms with Crippen LogP contribution < -0.4 is 0 Å².